The van der Waals surface area contributed by atoms with Gasteiger partial charge in [0, 0.05) is 73.0 Å². The topological polar surface area (TPSA) is 22.6 Å². The van der Waals surface area contributed by atoms with Gasteiger partial charge in [0.25, 0.3) is 0 Å². The van der Waals surface area contributed by atoms with Gasteiger partial charge in [0.15, 0.2) is 0 Å². The predicted molar refractivity (Wildman–Crippen MR) is 131 cm³/mol. The zero-order valence-corrected chi connectivity index (χ0v) is 19.1. The summed E-state index contributed by atoms with van der Waals surface area (Å²) in [6.07, 6.45) is 4.27. The van der Waals surface area contributed by atoms with E-state index >= 15 is 0 Å². The van der Waals surface area contributed by atoms with Crippen molar-refractivity contribution in [2.75, 3.05) is 44.2 Å². The minimum Gasteiger partial charge on any atom is -0.371 e. The van der Waals surface area contributed by atoms with Crippen molar-refractivity contribution >= 4 is 28.5 Å². The quantitative estimate of drug-likeness (QED) is 0.484. The smallest absolute Gasteiger partial charge is 0.123 e. The van der Waals surface area contributed by atoms with Crippen LogP contribution < -0.4 is 4.90 Å². The molecule has 1 atom stereocenters. The molecule has 0 N–H and O–H groups in total. The van der Waals surface area contributed by atoms with Crippen LogP contribution in [-0.4, -0.2) is 53.5 Å². The molecule has 6 heteroatoms. The monoisotopic (exact) mass is 448 g/mol. The molecule has 2 fully saturated rings. The Bertz CT molecular complexity index is 1070. The summed E-state index contributed by atoms with van der Waals surface area (Å²) in [6, 6.07) is 17.3. The van der Waals surface area contributed by atoms with E-state index in [0.29, 0.717) is 5.92 Å². The average molecular weight is 449 g/mol. The summed E-state index contributed by atoms with van der Waals surface area (Å²) in [6.45, 7) is 10.6. The first kappa shape index (κ1) is 21.3. The van der Waals surface area contributed by atoms with Crippen LogP contribution in [0.4, 0.5) is 10.1 Å². The number of piperidine rings is 1. The molecule has 0 saturated carbocycles. The lowest BCUT2D eigenvalue weighted by atomic mass is 9.95. The van der Waals surface area contributed by atoms with Gasteiger partial charge < -0.3 is 9.80 Å². The van der Waals surface area contributed by atoms with Crippen molar-refractivity contribution in [1.29, 1.82) is 0 Å². The van der Waals surface area contributed by atoms with Crippen LogP contribution in [0, 0.1) is 11.7 Å². The molecule has 2 saturated heterocycles. The normalized spacial score (nSPS) is 20.0. The first-order valence-corrected chi connectivity index (χ1v) is 12.2. The van der Waals surface area contributed by atoms with Crippen molar-refractivity contribution in [1.82, 2.24) is 14.2 Å². The Balaban J connectivity index is 1.19. The minimum atomic E-state index is -0.182. The second-order valence-electron chi connectivity index (χ2n) is 8.59. The Morgan fingerprint density at radius 3 is 2.56 bits per heavy atom. The average Bonchev–Trinajstić information content (AvgIpc) is 2.85. The van der Waals surface area contributed by atoms with Gasteiger partial charge >= 0.3 is 0 Å². The van der Waals surface area contributed by atoms with Crippen LogP contribution >= 0.6 is 11.9 Å². The molecule has 5 rings (SSSR count). The van der Waals surface area contributed by atoms with Crippen molar-refractivity contribution in [3.8, 4) is 0 Å². The molecule has 0 aliphatic carbocycles. The van der Waals surface area contributed by atoms with Gasteiger partial charge in [-0.25, -0.2) is 8.70 Å². The van der Waals surface area contributed by atoms with E-state index in [2.05, 4.69) is 49.9 Å². The third-order valence-electron chi connectivity index (χ3n) is 6.56. The number of piperazine rings is 1. The van der Waals surface area contributed by atoms with Crippen LogP contribution in [-0.2, 0) is 0 Å². The highest BCUT2D eigenvalue weighted by molar-refractivity contribution is 7.97. The van der Waals surface area contributed by atoms with E-state index in [9.17, 15) is 4.39 Å². The second-order valence-corrected chi connectivity index (χ2v) is 9.76. The number of rotatable bonds is 5. The second kappa shape index (κ2) is 9.51. The molecule has 2 aliphatic rings. The maximum absolute atomic E-state index is 13.2. The number of hydrogen-bond donors (Lipinski definition) is 0. The van der Waals surface area contributed by atoms with E-state index in [0.717, 1.165) is 49.7 Å². The van der Waals surface area contributed by atoms with Crippen molar-refractivity contribution in [2.24, 2.45) is 5.92 Å². The number of hydrogen-bond acceptors (Lipinski definition) is 5. The van der Waals surface area contributed by atoms with Gasteiger partial charge in [-0.3, -0.25) is 4.98 Å². The lowest BCUT2D eigenvalue weighted by Crippen LogP contribution is -2.48. The van der Waals surface area contributed by atoms with Gasteiger partial charge in [-0.1, -0.05) is 24.8 Å². The Hall–Kier alpha value is -2.57. The van der Waals surface area contributed by atoms with Gasteiger partial charge in [-0.2, -0.15) is 0 Å². The van der Waals surface area contributed by atoms with Gasteiger partial charge in [0.1, 0.15) is 5.82 Å². The molecular formula is C26H29FN4S. The predicted octanol–water partition coefficient (Wildman–Crippen LogP) is 5.43. The zero-order chi connectivity index (χ0) is 21.9. The first-order chi connectivity index (χ1) is 15.7. The molecule has 2 aliphatic heterocycles. The molecule has 166 valence electrons. The fourth-order valence-electron chi connectivity index (χ4n) is 4.79. The van der Waals surface area contributed by atoms with Crippen LogP contribution in [0.3, 0.4) is 0 Å². The molecule has 32 heavy (non-hydrogen) atoms. The summed E-state index contributed by atoms with van der Waals surface area (Å²) >= 11 is 1.73. The minimum absolute atomic E-state index is 0.182. The van der Waals surface area contributed by atoms with Gasteiger partial charge in [-0.15, -0.1) is 0 Å². The molecule has 4 nitrogen and oxygen atoms in total. The molecule has 3 heterocycles. The number of pyridine rings is 1. The van der Waals surface area contributed by atoms with Crippen molar-refractivity contribution in [3.05, 3.63) is 78.9 Å². The van der Waals surface area contributed by atoms with E-state index in [4.69, 9.17) is 0 Å². The van der Waals surface area contributed by atoms with Crippen LogP contribution in [0.1, 0.15) is 12.8 Å². The van der Waals surface area contributed by atoms with E-state index < -0.39 is 0 Å². The highest BCUT2D eigenvalue weighted by Crippen LogP contribution is 2.33. The number of nitrogens with zero attached hydrogens (tertiary/aromatic N) is 4. The molecule has 0 bridgehead atoms. The lowest BCUT2D eigenvalue weighted by molar-refractivity contribution is 0.234. The standard InChI is InChI=1S/C26H29FN4S/c1-20(21-5-4-14-31(19-21)32-23-10-8-22(27)9-11-23)29-15-17-30(18-16-29)26-12-13-28-25-7-3-2-6-24(25)26/h2-3,6-13,21H,1,4-5,14-19H2. The third kappa shape index (κ3) is 4.62. The summed E-state index contributed by atoms with van der Waals surface area (Å²) < 4.78 is 15.6. The summed E-state index contributed by atoms with van der Waals surface area (Å²) in [5, 5.41) is 1.23. The SMILES string of the molecule is C=C(C1CCCN(Sc2ccc(F)cc2)C1)N1CCN(c2ccnc3ccccc23)CC1. The van der Waals surface area contributed by atoms with Crippen molar-refractivity contribution in [3.63, 3.8) is 0 Å². The van der Waals surface area contributed by atoms with Crippen molar-refractivity contribution in [2.45, 2.75) is 17.7 Å². The van der Waals surface area contributed by atoms with Gasteiger partial charge in [0.2, 0.25) is 0 Å². The number of benzene rings is 2. The molecule has 1 unspecified atom stereocenters. The summed E-state index contributed by atoms with van der Waals surface area (Å²) in [5.41, 5.74) is 3.60. The number of para-hydroxylation sites is 1. The first-order valence-electron chi connectivity index (χ1n) is 11.4. The van der Waals surface area contributed by atoms with Crippen LogP contribution in [0.15, 0.2) is 78.0 Å². The molecule has 3 aromatic rings. The summed E-state index contributed by atoms with van der Waals surface area (Å²) in [7, 11) is 0. The number of anilines is 1. The highest BCUT2D eigenvalue weighted by atomic mass is 32.2. The summed E-state index contributed by atoms with van der Waals surface area (Å²) in [4.78, 5) is 10.6. The maximum Gasteiger partial charge on any atom is 0.123 e. The number of aromatic nitrogens is 1. The van der Waals surface area contributed by atoms with Crippen molar-refractivity contribution < 1.29 is 4.39 Å². The molecule has 0 radical (unpaired) electrons. The van der Waals surface area contributed by atoms with Gasteiger partial charge in [0.05, 0.1) is 5.52 Å². The van der Waals surface area contributed by atoms with Crippen LogP contribution in [0.25, 0.3) is 10.9 Å². The van der Waals surface area contributed by atoms with E-state index in [1.807, 2.05) is 24.4 Å². The Labute approximate surface area is 193 Å². The van der Waals surface area contributed by atoms with Crippen LogP contribution in [0.5, 0.6) is 0 Å². The molecular weight excluding hydrogens is 419 g/mol. The number of fused-ring (bicyclic) bond motifs is 1. The summed E-state index contributed by atoms with van der Waals surface area (Å²) in [5.74, 6) is 0.295. The largest absolute Gasteiger partial charge is 0.371 e. The molecule has 1 aromatic heterocycles. The molecule has 2 aromatic carbocycles. The number of halogens is 1. The fourth-order valence-corrected chi connectivity index (χ4v) is 5.82. The van der Waals surface area contributed by atoms with E-state index in [1.165, 1.54) is 41.7 Å². The Kier molecular flexibility index (Phi) is 6.32. The molecule has 0 spiro atoms. The van der Waals surface area contributed by atoms with E-state index in [1.54, 1.807) is 11.9 Å². The Morgan fingerprint density at radius 2 is 1.75 bits per heavy atom. The van der Waals surface area contributed by atoms with Crippen LogP contribution in [0.2, 0.25) is 0 Å². The zero-order valence-electron chi connectivity index (χ0n) is 18.3. The van der Waals surface area contributed by atoms with E-state index in [-0.39, 0.29) is 5.82 Å². The maximum atomic E-state index is 13.2. The molecule has 0 amide bonds. The lowest BCUT2D eigenvalue weighted by Gasteiger charge is -2.42. The Morgan fingerprint density at radius 1 is 0.969 bits per heavy atom. The fraction of sp³-hybridized carbons (Fsp3) is 0.346. The third-order valence-corrected chi connectivity index (χ3v) is 7.63. The van der Waals surface area contributed by atoms with Gasteiger partial charge in [-0.05, 0) is 61.2 Å². The highest BCUT2D eigenvalue weighted by Gasteiger charge is 2.28.